The number of amides is 2. The predicted octanol–water partition coefficient (Wildman–Crippen LogP) is 5.85. The van der Waals surface area contributed by atoms with Crippen molar-refractivity contribution in [1.82, 2.24) is 0 Å². The molecule has 2 heterocycles. The van der Waals surface area contributed by atoms with Crippen LogP contribution in [-0.4, -0.2) is 18.3 Å². The second kappa shape index (κ2) is 7.58. The number of ether oxygens (including phenoxy) is 1. The minimum absolute atomic E-state index is 0.280. The molecule has 0 saturated carbocycles. The molecule has 2 amide bonds. The molecule has 0 bridgehead atoms. The SMILES string of the molecule is COc1ccccc1N1C(=O)S/C(=C\c2ccc(-c3cccc(Cl)c3)o2)C1=O. The zero-order valence-electron chi connectivity index (χ0n) is 14.7. The molecule has 1 aliphatic heterocycles. The molecule has 28 heavy (non-hydrogen) atoms. The smallest absolute Gasteiger partial charge is 0.298 e. The van der Waals surface area contributed by atoms with Crippen LogP contribution in [0.25, 0.3) is 17.4 Å². The molecular weight excluding hydrogens is 398 g/mol. The molecule has 7 heteroatoms. The zero-order valence-corrected chi connectivity index (χ0v) is 16.3. The number of hydrogen-bond acceptors (Lipinski definition) is 5. The first-order valence-electron chi connectivity index (χ1n) is 8.33. The van der Waals surface area contributed by atoms with Crippen LogP contribution in [-0.2, 0) is 4.79 Å². The van der Waals surface area contributed by atoms with E-state index in [1.165, 1.54) is 7.11 Å². The molecule has 2 aromatic carbocycles. The number of methoxy groups -OCH3 is 1. The summed E-state index contributed by atoms with van der Waals surface area (Å²) >= 11 is 6.88. The van der Waals surface area contributed by atoms with Gasteiger partial charge in [0.25, 0.3) is 11.1 Å². The predicted molar refractivity (Wildman–Crippen MR) is 111 cm³/mol. The highest BCUT2D eigenvalue weighted by atomic mass is 35.5. The summed E-state index contributed by atoms with van der Waals surface area (Å²) in [6, 6.07) is 17.7. The molecule has 1 aliphatic rings. The number of furan rings is 1. The van der Waals surface area contributed by atoms with Crippen LogP contribution in [0.4, 0.5) is 10.5 Å². The summed E-state index contributed by atoms with van der Waals surface area (Å²) in [5.74, 6) is 1.13. The van der Waals surface area contributed by atoms with E-state index in [-0.39, 0.29) is 10.1 Å². The lowest BCUT2D eigenvalue weighted by atomic mass is 10.2. The largest absolute Gasteiger partial charge is 0.495 e. The molecular formula is C21H14ClNO4S. The van der Waals surface area contributed by atoms with Gasteiger partial charge in [0.2, 0.25) is 0 Å². The molecule has 0 unspecified atom stereocenters. The van der Waals surface area contributed by atoms with E-state index >= 15 is 0 Å². The summed E-state index contributed by atoms with van der Waals surface area (Å²) in [4.78, 5) is 26.6. The Morgan fingerprint density at radius 3 is 2.68 bits per heavy atom. The lowest BCUT2D eigenvalue weighted by molar-refractivity contribution is -0.113. The van der Waals surface area contributed by atoms with Crippen LogP contribution in [0.5, 0.6) is 5.75 Å². The van der Waals surface area contributed by atoms with Crippen molar-refractivity contribution in [3.8, 4) is 17.1 Å². The molecule has 1 aromatic heterocycles. The number of hydrogen-bond donors (Lipinski definition) is 0. The fraction of sp³-hybridized carbons (Fsp3) is 0.0476. The first-order valence-corrected chi connectivity index (χ1v) is 9.53. The topological polar surface area (TPSA) is 59.8 Å². The van der Waals surface area contributed by atoms with Gasteiger partial charge in [0.1, 0.15) is 17.3 Å². The molecule has 5 nitrogen and oxygen atoms in total. The first-order chi connectivity index (χ1) is 13.6. The monoisotopic (exact) mass is 411 g/mol. The van der Waals surface area contributed by atoms with Crippen LogP contribution in [0.2, 0.25) is 5.02 Å². The van der Waals surface area contributed by atoms with E-state index in [9.17, 15) is 9.59 Å². The van der Waals surface area contributed by atoms with Crippen molar-refractivity contribution in [3.63, 3.8) is 0 Å². The Morgan fingerprint density at radius 2 is 1.89 bits per heavy atom. The van der Waals surface area contributed by atoms with Crippen LogP contribution in [0.3, 0.4) is 0 Å². The van der Waals surface area contributed by atoms with E-state index in [1.54, 1.807) is 54.6 Å². The summed E-state index contributed by atoms with van der Waals surface area (Å²) in [7, 11) is 1.49. The average Bonchev–Trinajstić information content (AvgIpc) is 3.27. The fourth-order valence-corrected chi connectivity index (χ4v) is 3.85. The van der Waals surface area contributed by atoms with Gasteiger partial charge in [-0.15, -0.1) is 0 Å². The van der Waals surface area contributed by atoms with Gasteiger partial charge in [-0.1, -0.05) is 35.9 Å². The van der Waals surface area contributed by atoms with Crippen LogP contribution in [0.15, 0.2) is 70.0 Å². The van der Waals surface area contributed by atoms with Gasteiger partial charge in [0.15, 0.2) is 0 Å². The van der Waals surface area contributed by atoms with E-state index in [0.29, 0.717) is 28.0 Å². The quantitative estimate of drug-likeness (QED) is 0.504. The van der Waals surface area contributed by atoms with Gasteiger partial charge in [-0.2, -0.15) is 0 Å². The summed E-state index contributed by atoms with van der Waals surface area (Å²) in [5, 5.41) is 0.218. The number of nitrogens with zero attached hydrogens (tertiary/aromatic N) is 1. The van der Waals surface area contributed by atoms with Gasteiger partial charge >= 0.3 is 0 Å². The highest BCUT2D eigenvalue weighted by Gasteiger charge is 2.37. The number of benzene rings is 2. The van der Waals surface area contributed by atoms with Gasteiger partial charge in [-0.3, -0.25) is 9.59 Å². The molecule has 0 atom stereocenters. The minimum atomic E-state index is -0.416. The third kappa shape index (κ3) is 3.44. The van der Waals surface area contributed by atoms with Crippen LogP contribution in [0.1, 0.15) is 5.76 Å². The molecule has 1 saturated heterocycles. The molecule has 3 aromatic rings. The Morgan fingerprint density at radius 1 is 1.07 bits per heavy atom. The second-order valence-corrected chi connectivity index (χ2v) is 7.33. The second-order valence-electron chi connectivity index (χ2n) is 5.90. The van der Waals surface area contributed by atoms with Crippen molar-refractivity contribution in [2.24, 2.45) is 0 Å². The maximum absolute atomic E-state index is 12.8. The Bertz CT molecular complexity index is 1110. The van der Waals surface area contributed by atoms with Gasteiger partial charge < -0.3 is 9.15 Å². The molecule has 0 radical (unpaired) electrons. The maximum Gasteiger partial charge on any atom is 0.298 e. The summed E-state index contributed by atoms with van der Waals surface area (Å²) in [5.41, 5.74) is 1.24. The number of rotatable bonds is 4. The molecule has 0 N–H and O–H groups in total. The highest BCUT2D eigenvalue weighted by Crippen LogP contribution is 2.39. The molecule has 0 aliphatic carbocycles. The number of carbonyl (C=O) groups excluding carboxylic acids is 2. The Balaban J connectivity index is 1.63. The maximum atomic E-state index is 12.8. The normalized spacial score (nSPS) is 15.5. The zero-order chi connectivity index (χ0) is 19.7. The lowest BCUT2D eigenvalue weighted by Crippen LogP contribution is -2.28. The summed E-state index contributed by atoms with van der Waals surface area (Å²) in [6.07, 6.45) is 1.56. The highest BCUT2D eigenvalue weighted by molar-refractivity contribution is 8.19. The number of para-hydroxylation sites is 2. The van der Waals surface area contributed by atoms with Crippen molar-refractivity contribution >= 4 is 46.3 Å². The number of thioether (sulfide) groups is 1. The van der Waals surface area contributed by atoms with Crippen molar-refractivity contribution in [2.75, 3.05) is 12.0 Å². The standard InChI is InChI=1S/C21H14ClNO4S/c1-26-18-8-3-2-7-16(18)23-20(24)19(28-21(23)25)12-15-9-10-17(27-15)13-5-4-6-14(22)11-13/h2-12H,1H3/b19-12-. The van der Waals surface area contributed by atoms with Crippen LogP contribution in [0, 0.1) is 0 Å². The number of halogens is 1. The Labute approximate surface area is 170 Å². The first kappa shape index (κ1) is 18.4. The third-order valence-electron chi connectivity index (χ3n) is 4.13. The van der Waals surface area contributed by atoms with E-state index in [1.807, 2.05) is 12.1 Å². The van der Waals surface area contributed by atoms with Crippen molar-refractivity contribution in [1.29, 1.82) is 0 Å². The summed E-state index contributed by atoms with van der Waals surface area (Å²) < 4.78 is 11.1. The van der Waals surface area contributed by atoms with Gasteiger partial charge in [-0.05, 0) is 48.2 Å². The molecule has 1 fully saturated rings. The molecule has 4 rings (SSSR count). The molecule has 140 valence electrons. The minimum Gasteiger partial charge on any atom is -0.495 e. The average molecular weight is 412 g/mol. The third-order valence-corrected chi connectivity index (χ3v) is 5.23. The van der Waals surface area contributed by atoms with Gasteiger partial charge in [0.05, 0.1) is 17.7 Å². The molecule has 0 spiro atoms. The Hall–Kier alpha value is -2.96. The van der Waals surface area contributed by atoms with E-state index in [0.717, 1.165) is 22.2 Å². The van der Waals surface area contributed by atoms with Crippen molar-refractivity contribution < 1.29 is 18.7 Å². The fourth-order valence-electron chi connectivity index (χ4n) is 2.85. The van der Waals surface area contributed by atoms with E-state index < -0.39 is 5.91 Å². The van der Waals surface area contributed by atoms with E-state index in [2.05, 4.69) is 0 Å². The Kier molecular flexibility index (Phi) is 4.98. The van der Waals surface area contributed by atoms with Gasteiger partial charge in [0, 0.05) is 16.7 Å². The summed E-state index contributed by atoms with van der Waals surface area (Å²) in [6.45, 7) is 0. The lowest BCUT2D eigenvalue weighted by Gasteiger charge is -2.15. The van der Waals surface area contributed by atoms with Gasteiger partial charge in [-0.25, -0.2) is 4.90 Å². The van der Waals surface area contributed by atoms with E-state index in [4.69, 9.17) is 20.8 Å². The van der Waals surface area contributed by atoms with Crippen molar-refractivity contribution in [2.45, 2.75) is 0 Å². The number of anilines is 1. The van der Waals surface area contributed by atoms with Crippen molar-refractivity contribution in [3.05, 3.63) is 76.4 Å². The van der Waals surface area contributed by atoms with Crippen LogP contribution >= 0.6 is 23.4 Å². The number of imide groups is 1. The number of carbonyl (C=O) groups is 2. The van der Waals surface area contributed by atoms with Crippen LogP contribution < -0.4 is 9.64 Å².